The Morgan fingerprint density at radius 1 is 1.22 bits per heavy atom. The minimum Gasteiger partial charge on any atom is -0.311 e. The van der Waals surface area contributed by atoms with Gasteiger partial charge in [-0.3, -0.25) is 0 Å². The summed E-state index contributed by atoms with van der Waals surface area (Å²) in [4.78, 5) is 0. The summed E-state index contributed by atoms with van der Waals surface area (Å²) in [6.07, 6.45) is 7.55. The van der Waals surface area contributed by atoms with Crippen LogP contribution in [0.4, 0.5) is 0 Å². The molecule has 0 aromatic rings. The molecular formula is C14H29NO2S. The number of sulfone groups is 1. The highest BCUT2D eigenvalue weighted by Crippen LogP contribution is 2.25. The van der Waals surface area contributed by atoms with Crippen molar-refractivity contribution in [2.75, 3.05) is 6.26 Å². The third kappa shape index (κ3) is 4.54. The van der Waals surface area contributed by atoms with Crippen LogP contribution in [0.1, 0.15) is 59.3 Å². The Hall–Kier alpha value is -0.0900. The maximum absolute atomic E-state index is 11.6. The lowest BCUT2D eigenvalue weighted by Crippen LogP contribution is -2.45. The van der Waals surface area contributed by atoms with Gasteiger partial charge >= 0.3 is 0 Å². The van der Waals surface area contributed by atoms with Gasteiger partial charge in [-0.1, -0.05) is 33.1 Å². The van der Waals surface area contributed by atoms with Crippen LogP contribution in [-0.2, 0) is 9.84 Å². The van der Waals surface area contributed by atoms with Crippen LogP contribution < -0.4 is 5.32 Å². The highest BCUT2D eigenvalue weighted by molar-refractivity contribution is 7.91. The Kier molecular flexibility index (Phi) is 6.12. The molecule has 1 fully saturated rings. The van der Waals surface area contributed by atoms with Crippen molar-refractivity contribution in [3.63, 3.8) is 0 Å². The largest absolute Gasteiger partial charge is 0.311 e. The molecule has 18 heavy (non-hydrogen) atoms. The molecule has 0 amide bonds. The molecule has 3 atom stereocenters. The summed E-state index contributed by atoms with van der Waals surface area (Å²) in [5.41, 5.74) is 0. The van der Waals surface area contributed by atoms with Crippen LogP contribution in [0.2, 0.25) is 0 Å². The molecule has 0 aromatic carbocycles. The monoisotopic (exact) mass is 275 g/mol. The van der Waals surface area contributed by atoms with Gasteiger partial charge in [0.05, 0.1) is 5.25 Å². The second-order valence-corrected chi connectivity index (χ2v) is 8.17. The minimum atomic E-state index is -2.87. The van der Waals surface area contributed by atoms with Crippen LogP contribution in [0.5, 0.6) is 0 Å². The van der Waals surface area contributed by atoms with E-state index in [2.05, 4.69) is 26.1 Å². The fraction of sp³-hybridized carbons (Fsp3) is 1.00. The van der Waals surface area contributed by atoms with E-state index in [9.17, 15) is 8.42 Å². The Balaban J connectivity index is 2.52. The Bertz CT molecular complexity index is 336. The molecule has 1 saturated carbocycles. The van der Waals surface area contributed by atoms with Crippen molar-refractivity contribution in [2.45, 2.75) is 76.6 Å². The smallest absolute Gasteiger partial charge is 0.150 e. The summed E-state index contributed by atoms with van der Waals surface area (Å²) < 4.78 is 23.3. The molecule has 0 spiro atoms. The third-order valence-corrected chi connectivity index (χ3v) is 6.13. The van der Waals surface area contributed by atoms with Crippen molar-refractivity contribution in [2.24, 2.45) is 5.92 Å². The molecular weight excluding hydrogens is 246 g/mol. The molecule has 0 aliphatic heterocycles. The summed E-state index contributed by atoms with van der Waals surface area (Å²) in [6, 6.07) is 0.873. The lowest BCUT2D eigenvalue weighted by atomic mass is 9.90. The quantitative estimate of drug-likeness (QED) is 0.811. The molecule has 1 rings (SSSR count). The van der Waals surface area contributed by atoms with Crippen molar-refractivity contribution < 1.29 is 8.42 Å². The molecule has 1 aliphatic carbocycles. The number of hydrogen-bond acceptors (Lipinski definition) is 3. The predicted molar refractivity (Wildman–Crippen MR) is 77.6 cm³/mol. The third-order valence-electron chi connectivity index (χ3n) is 4.49. The van der Waals surface area contributed by atoms with E-state index in [0.29, 0.717) is 18.0 Å². The Morgan fingerprint density at radius 3 is 2.33 bits per heavy atom. The van der Waals surface area contributed by atoms with Crippen LogP contribution in [0.25, 0.3) is 0 Å². The van der Waals surface area contributed by atoms with Gasteiger partial charge in [-0.15, -0.1) is 0 Å². The Labute approximate surface area is 113 Å². The minimum absolute atomic E-state index is 0.127. The van der Waals surface area contributed by atoms with E-state index in [1.165, 1.54) is 19.1 Å². The molecule has 0 saturated heterocycles. The van der Waals surface area contributed by atoms with Crippen LogP contribution >= 0.6 is 0 Å². The van der Waals surface area contributed by atoms with E-state index in [0.717, 1.165) is 25.7 Å². The van der Waals surface area contributed by atoms with E-state index in [1.807, 2.05) is 0 Å². The molecule has 108 valence electrons. The summed E-state index contributed by atoms with van der Waals surface area (Å²) in [7, 11) is -2.87. The fourth-order valence-corrected chi connectivity index (χ4v) is 4.37. The van der Waals surface area contributed by atoms with Gasteiger partial charge < -0.3 is 5.32 Å². The molecule has 1 aliphatic rings. The molecule has 1 N–H and O–H groups in total. The van der Waals surface area contributed by atoms with Crippen LogP contribution in [0, 0.1) is 5.92 Å². The highest BCUT2D eigenvalue weighted by atomic mass is 32.2. The van der Waals surface area contributed by atoms with Gasteiger partial charge in [0.25, 0.3) is 0 Å². The number of rotatable bonds is 6. The van der Waals surface area contributed by atoms with Crippen molar-refractivity contribution in [1.82, 2.24) is 5.32 Å². The summed E-state index contributed by atoms with van der Waals surface area (Å²) in [5, 5.41) is 3.53. The zero-order chi connectivity index (χ0) is 13.8. The maximum atomic E-state index is 11.6. The van der Waals surface area contributed by atoms with Gasteiger partial charge in [0.1, 0.15) is 9.84 Å². The first-order valence-corrected chi connectivity index (χ1v) is 9.28. The van der Waals surface area contributed by atoms with Crippen LogP contribution in [0.3, 0.4) is 0 Å². The SMILES string of the molecule is CCC(CC)C(C)NC1CCCC(S(C)(=O)=O)C1. The van der Waals surface area contributed by atoms with Crippen molar-refractivity contribution in [1.29, 1.82) is 0 Å². The number of nitrogens with one attached hydrogen (secondary N) is 1. The maximum Gasteiger partial charge on any atom is 0.150 e. The molecule has 0 radical (unpaired) electrons. The van der Waals surface area contributed by atoms with Crippen LogP contribution in [0.15, 0.2) is 0 Å². The first-order chi connectivity index (χ1) is 8.38. The first kappa shape index (κ1) is 16.0. The summed E-state index contributed by atoms with van der Waals surface area (Å²) in [5.74, 6) is 0.698. The van der Waals surface area contributed by atoms with Crippen LogP contribution in [-0.4, -0.2) is 32.0 Å². The lowest BCUT2D eigenvalue weighted by molar-refractivity contribution is 0.282. The van der Waals surface area contributed by atoms with E-state index in [4.69, 9.17) is 0 Å². The molecule has 0 bridgehead atoms. The number of hydrogen-bond donors (Lipinski definition) is 1. The van der Waals surface area contributed by atoms with Gasteiger partial charge in [-0.2, -0.15) is 0 Å². The van der Waals surface area contributed by atoms with Gasteiger partial charge in [0, 0.05) is 18.3 Å². The topological polar surface area (TPSA) is 46.2 Å². The first-order valence-electron chi connectivity index (χ1n) is 7.33. The zero-order valence-electron chi connectivity index (χ0n) is 12.3. The summed E-state index contributed by atoms with van der Waals surface area (Å²) in [6.45, 7) is 6.70. The normalized spacial score (nSPS) is 27.4. The van der Waals surface area contributed by atoms with Crippen molar-refractivity contribution in [3.8, 4) is 0 Å². The average Bonchev–Trinajstić information content (AvgIpc) is 2.29. The molecule has 0 heterocycles. The van der Waals surface area contributed by atoms with E-state index >= 15 is 0 Å². The molecule has 3 unspecified atom stereocenters. The van der Waals surface area contributed by atoms with Gasteiger partial charge in [-0.05, 0) is 32.1 Å². The van der Waals surface area contributed by atoms with Crippen molar-refractivity contribution in [3.05, 3.63) is 0 Å². The van der Waals surface area contributed by atoms with Gasteiger partial charge in [0.15, 0.2) is 0 Å². The van der Waals surface area contributed by atoms with Crippen molar-refractivity contribution >= 4 is 9.84 Å². The zero-order valence-corrected chi connectivity index (χ0v) is 13.1. The lowest BCUT2D eigenvalue weighted by Gasteiger charge is -2.33. The molecule has 3 nitrogen and oxygen atoms in total. The average molecular weight is 275 g/mol. The van der Waals surface area contributed by atoms with E-state index in [1.54, 1.807) is 0 Å². The second kappa shape index (κ2) is 6.90. The summed E-state index contributed by atoms with van der Waals surface area (Å²) >= 11 is 0. The fourth-order valence-electron chi connectivity index (χ4n) is 3.19. The second-order valence-electron chi connectivity index (χ2n) is 5.85. The van der Waals surface area contributed by atoms with Gasteiger partial charge in [0.2, 0.25) is 0 Å². The molecule has 0 aromatic heterocycles. The highest BCUT2D eigenvalue weighted by Gasteiger charge is 2.30. The van der Waals surface area contributed by atoms with E-state index in [-0.39, 0.29) is 5.25 Å². The van der Waals surface area contributed by atoms with Gasteiger partial charge in [-0.25, -0.2) is 8.42 Å². The Morgan fingerprint density at radius 2 is 1.83 bits per heavy atom. The van der Waals surface area contributed by atoms with E-state index < -0.39 is 9.84 Å². The molecule has 4 heteroatoms. The predicted octanol–water partition coefficient (Wildman–Crippen LogP) is 2.76. The standard InChI is InChI=1S/C14H29NO2S/c1-5-12(6-2)11(3)15-13-8-7-9-14(10-13)18(4,16)17/h11-15H,5-10H2,1-4H3.